The van der Waals surface area contributed by atoms with Gasteiger partial charge in [0.2, 0.25) is 0 Å². The van der Waals surface area contributed by atoms with Crippen LogP contribution in [0.3, 0.4) is 0 Å². The summed E-state index contributed by atoms with van der Waals surface area (Å²) in [6.45, 7) is 6.43. The molecule has 0 spiro atoms. The normalized spacial score (nSPS) is 8.80. The van der Waals surface area contributed by atoms with Crippen LogP contribution in [0, 0.1) is 13.0 Å². The van der Waals surface area contributed by atoms with Crippen molar-refractivity contribution in [2.45, 2.75) is 19.8 Å². The number of halogens is 1. The molecule has 3 heteroatoms. The molecule has 0 atom stereocenters. The van der Waals surface area contributed by atoms with Gasteiger partial charge in [0.25, 0.3) is 0 Å². The molecule has 15 heavy (non-hydrogen) atoms. The Kier molecular flexibility index (Phi) is 10.3. The van der Waals surface area contributed by atoms with Gasteiger partial charge < -0.3 is 4.74 Å². The number of benzene rings is 1. The van der Waals surface area contributed by atoms with Crippen molar-refractivity contribution in [2.75, 3.05) is 6.61 Å². The number of rotatable bonds is 5. The van der Waals surface area contributed by atoms with E-state index in [9.17, 15) is 0 Å². The number of hydrogen-bond donors (Lipinski definition) is 0. The van der Waals surface area contributed by atoms with Crippen molar-refractivity contribution in [2.24, 2.45) is 0 Å². The molecule has 0 bridgehead atoms. The first-order valence-corrected chi connectivity index (χ1v) is 11.8. The number of ether oxygens (including phenoxy) is 1. The predicted octanol–water partition coefficient (Wildman–Crippen LogP) is 3.98. The van der Waals surface area contributed by atoms with Crippen LogP contribution in [-0.2, 0) is 16.3 Å². The molecule has 1 aromatic rings. The third-order valence-corrected chi connectivity index (χ3v) is 1.74. The van der Waals surface area contributed by atoms with Gasteiger partial charge in [0, 0.05) is 5.75 Å². The summed E-state index contributed by atoms with van der Waals surface area (Å²) in [6, 6.07) is 8.89. The minimum atomic E-state index is 0.759. The second-order valence-corrected chi connectivity index (χ2v) is 2.99. The van der Waals surface area contributed by atoms with Crippen LogP contribution in [0.15, 0.2) is 30.9 Å². The van der Waals surface area contributed by atoms with Crippen LogP contribution < -0.4 is 4.74 Å². The molecular weight excluding hydrogens is 305 g/mol. The van der Waals surface area contributed by atoms with Gasteiger partial charge in [-0.05, 0) is 12.8 Å². The molecule has 0 aromatic heterocycles. The van der Waals surface area contributed by atoms with E-state index in [4.69, 9.17) is 4.74 Å². The molecule has 0 radical (unpaired) electrons. The van der Waals surface area contributed by atoms with Crippen molar-refractivity contribution in [1.82, 2.24) is 0 Å². The average molecular weight is 321 g/mol. The Labute approximate surface area is 109 Å². The molecule has 0 saturated heterocycles. The summed E-state index contributed by atoms with van der Waals surface area (Å²) >= 11 is 4.25. The fourth-order valence-corrected chi connectivity index (χ4v) is 1.07. The van der Waals surface area contributed by atoms with Crippen molar-refractivity contribution in [3.63, 3.8) is 0 Å². The Morgan fingerprint density at radius 2 is 2.33 bits per heavy atom. The van der Waals surface area contributed by atoms with Crippen molar-refractivity contribution >= 4 is 13.6 Å². The van der Waals surface area contributed by atoms with E-state index < -0.39 is 0 Å². The molecule has 1 aromatic carbocycles. The zero-order valence-corrected chi connectivity index (χ0v) is 13.7. The van der Waals surface area contributed by atoms with E-state index in [-0.39, 0.29) is 0 Å². The Balaban J connectivity index is 0.000000921. The van der Waals surface area contributed by atoms with Crippen LogP contribution in [0.25, 0.3) is 0 Å². The number of allylic oxidation sites excluding steroid dienone is 1. The van der Waals surface area contributed by atoms with Crippen LogP contribution in [0.5, 0.6) is 5.75 Å². The monoisotopic (exact) mass is 318 g/mol. The Bertz CT molecular complexity index is 276. The fourth-order valence-electron chi connectivity index (χ4n) is 1.07. The van der Waals surface area contributed by atoms with Crippen molar-refractivity contribution < 1.29 is 21.1 Å². The first-order chi connectivity index (χ1) is 7.33. The van der Waals surface area contributed by atoms with Gasteiger partial charge in [-0.3, -0.25) is 0 Å². The topological polar surface area (TPSA) is 9.23 Å². The van der Waals surface area contributed by atoms with Crippen molar-refractivity contribution in [1.29, 1.82) is 0 Å². The van der Waals surface area contributed by atoms with Crippen LogP contribution in [-0.4, -0.2) is 6.61 Å². The van der Waals surface area contributed by atoms with Gasteiger partial charge in [0.1, 0.15) is 0 Å². The predicted molar refractivity (Wildman–Crippen MR) is 63.9 cm³/mol. The Morgan fingerprint density at radius 3 is 2.93 bits per heavy atom. The molecule has 0 amide bonds. The molecule has 0 aliphatic carbocycles. The molecule has 0 saturated carbocycles. The van der Waals surface area contributed by atoms with E-state index in [1.54, 1.807) is 0 Å². The summed E-state index contributed by atoms with van der Waals surface area (Å²) in [5, 5.41) is 0. The summed E-state index contributed by atoms with van der Waals surface area (Å²) in [6.07, 6.45) is 3.95. The van der Waals surface area contributed by atoms with Crippen LogP contribution in [0.2, 0.25) is 0 Å². The molecule has 78 valence electrons. The average Bonchev–Trinajstić information content (AvgIpc) is 2.27. The zero-order chi connectivity index (χ0) is 11.5. The van der Waals surface area contributed by atoms with Gasteiger partial charge in [0.15, 0.2) is 0 Å². The quantitative estimate of drug-likeness (QED) is 0.345. The Morgan fingerprint density at radius 1 is 1.60 bits per heavy atom. The van der Waals surface area contributed by atoms with Gasteiger partial charge in [-0.2, -0.15) is 17.7 Å². The summed E-state index contributed by atoms with van der Waals surface area (Å²) in [4.78, 5) is 0. The van der Waals surface area contributed by atoms with Gasteiger partial charge in [-0.25, -0.2) is 0 Å². The van der Waals surface area contributed by atoms with E-state index >= 15 is 0 Å². The van der Waals surface area contributed by atoms with Crippen molar-refractivity contribution in [3.8, 4) is 5.75 Å². The standard InChI is InChI=1S/C12H15O.BrH.Zn/c1-3-4-5-9-13-12-8-6-7-11(2)10-12;;/h3,6,8,10H,1,4-5,9H2,2H3;1H;/q-1;;+2/p-1. The molecule has 0 N–H and O–H groups in total. The van der Waals surface area contributed by atoms with E-state index in [0.29, 0.717) is 0 Å². The maximum atomic E-state index is 5.52. The summed E-state index contributed by atoms with van der Waals surface area (Å²) < 4.78 is 5.52. The second kappa shape index (κ2) is 10.4. The van der Waals surface area contributed by atoms with E-state index in [0.717, 1.165) is 30.8 Å². The number of hydrogen-bond acceptors (Lipinski definition) is 1. The summed E-state index contributed by atoms with van der Waals surface area (Å²) in [5.41, 5.74) is 1.11. The van der Waals surface area contributed by atoms with Gasteiger partial charge in [0.05, 0.1) is 6.61 Å². The minimum absolute atomic E-state index is 0.759. The maximum absolute atomic E-state index is 5.52. The molecule has 0 aliphatic rings. The molecule has 0 fully saturated rings. The zero-order valence-electron chi connectivity index (χ0n) is 9.13. The molecule has 1 rings (SSSR count). The Hall–Kier alpha value is -0.137. The molecule has 0 aliphatic heterocycles. The van der Waals surface area contributed by atoms with Gasteiger partial charge in [-0.1, -0.05) is 13.0 Å². The number of unbranched alkanes of at least 4 members (excludes halogenated alkanes) is 1. The molecule has 0 unspecified atom stereocenters. The van der Waals surface area contributed by atoms with Gasteiger partial charge >= 0.3 is 30.0 Å². The third-order valence-electron chi connectivity index (χ3n) is 1.74. The van der Waals surface area contributed by atoms with E-state index in [1.165, 1.54) is 16.3 Å². The van der Waals surface area contributed by atoms with Gasteiger partial charge in [-0.15, -0.1) is 18.7 Å². The number of aryl methyl sites for hydroxylation is 1. The first kappa shape index (κ1) is 14.9. The summed E-state index contributed by atoms with van der Waals surface area (Å²) in [7, 11) is 0. The first-order valence-electron chi connectivity index (χ1n) is 4.81. The fraction of sp³-hybridized carbons (Fsp3) is 0.333. The molecule has 0 heterocycles. The summed E-state index contributed by atoms with van der Waals surface area (Å²) in [5.74, 6) is 0.931. The van der Waals surface area contributed by atoms with Crippen LogP contribution in [0.4, 0.5) is 0 Å². The van der Waals surface area contributed by atoms with Crippen molar-refractivity contribution in [3.05, 3.63) is 42.5 Å². The molecular formula is C12H15BrOZn. The van der Waals surface area contributed by atoms with Crippen LogP contribution >= 0.6 is 13.6 Å². The van der Waals surface area contributed by atoms with Crippen LogP contribution in [0.1, 0.15) is 18.4 Å². The third kappa shape index (κ3) is 7.75. The molecule has 1 nitrogen and oxygen atoms in total. The van der Waals surface area contributed by atoms with E-state index in [2.05, 4.69) is 26.3 Å². The van der Waals surface area contributed by atoms with E-state index in [1.807, 2.05) is 31.2 Å². The SMILES string of the molecule is C=CCCCOc1cc[c-]c(C)c1.[Zn+][Br]. The second-order valence-electron chi connectivity index (χ2n) is 2.99.